The standard InChI is InChI=1S/C4H10NO2P/c5-3-1-2-4-7-8-6/h1-5H2. The van der Waals surface area contributed by atoms with Gasteiger partial charge in [0.2, 0.25) is 0 Å². The highest BCUT2D eigenvalue weighted by Crippen LogP contribution is 1.96. The van der Waals surface area contributed by atoms with Crippen LogP contribution in [0.1, 0.15) is 12.8 Å². The maximum absolute atomic E-state index is 9.61. The molecule has 0 aliphatic carbocycles. The monoisotopic (exact) mass is 135 g/mol. The molecule has 0 spiro atoms. The van der Waals surface area contributed by atoms with Gasteiger partial charge in [0.1, 0.15) is 0 Å². The number of hydrogen-bond donors (Lipinski definition) is 1. The molecule has 0 atom stereocenters. The van der Waals surface area contributed by atoms with Crippen LogP contribution in [0.5, 0.6) is 0 Å². The highest BCUT2D eigenvalue weighted by molar-refractivity contribution is 7.17. The molecule has 3 nitrogen and oxygen atoms in total. The van der Waals surface area contributed by atoms with Crippen LogP contribution in [0.25, 0.3) is 0 Å². The highest BCUT2D eigenvalue weighted by Gasteiger charge is 1.83. The fraction of sp³-hybridized carbons (Fsp3) is 1.00. The van der Waals surface area contributed by atoms with Crippen molar-refractivity contribution in [1.29, 1.82) is 0 Å². The minimum Gasteiger partial charge on any atom is -0.330 e. The highest BCUT2D eigenvalue weighted by atomic mass is 31.1. The molecule has 0 saturated carbocycles. The van der Waals surface area contributed by atoms with Gasteiger partial charge in [-0.25, -0.2) is 4.57 Å². The molecular weight excluding hydrogens is 125 g/mol. The van der Waals surface area contributed by atoms with E-state index in [4.69, 9.17) is 5.73 Å². The van der Waals surface area contributed by atoms with Gasteiger partial charge in [0.05, 0.1) is 6.61 Å². The van der Waals surface area contributed by atoms with Crippen molar-refractivity contribution in [2.45, 2.75) is 12.8 Å². The molecule has 0 aliphatic heterocycles. The van der Waals surface area contributed by atoms with E-state index in [0.717, 1.165) is 12.8 Å². The zero-order chi connectivity index (χ0) is 6.24. The minimum atomic E-state index is -0.230. The van der Waals surface area contributed by atoms with Crippen LogP contribution in [0.4, 0.5) is 0 Å². The van der Waals surface area contributed by atoms with E-state index in [2.05, 4.69) is 4.52 Å². The third-order valence-corrected chi connectivity index (χ3v) is 1.03. The summed E-state index contributed by atoms with van der Waals surface area (Å²) in [5.74, 6) is 0. The van der Waals surface area contributed by atoms with E-state index in [1.54, 1.807) is 0 Å². The summed E-state index contributed by atoms with van der Waals surface area (Å²) in [7, 11) is -0.230. The molecule has 48 valence electrons. The SMILES string of the molecule is NCCCCOP=O. The smallest absolute Gasteiger partial charge is 0.327 e. The molecule has 0 saturated heterocycles. The molecule has 0 heterocycles. The Morgan fingerprint density at radius 1 is 1.50 bits per heavy atom. The molecule has 8 heavy (non-hydrogen) atoms. The second kappa shape index (κ2) is 7.02. The fourth-order valence-corrected chi connectivity index (χ4v) is 0.552. The fourth-order valence-electron chi connectivity index (χ4n) is 0.348. The van der Waals surface area contributed by atoms with Crippen LogP contribution >= 0.6 is 8.69 Å². The van der Waals surface area contributed by atoms with E-state index in [1.165, 1.54) is 0 Å². The van der Waals surface area contributed by atoms with Gasteiger partial charge in [0, 0.05) is 0 Å². The van der Waals surface area contributed by atoms with E-state index >= 15 is 0 Å². The second-order valence-electron chi connectivity index (χ2n) is 1.40. The molecule has 0 aliphatic rings. The Morgan fingerprint density at radius 2 is 2.25 bits per heavy atom. The van der Waals surface area contributed by atoms with Crippen molar-refractivity contribution in [2.75, 3.05) is 13.2 Å². The summed E-state index contributed by atoms with van der Waals surface area (Å²) in [5, 5.41) is 0. The van der Waals surface area contributed by atoms with Gasteiger partial charge in [-0.15, -0.1) is 0 Å². The number of nitrogens with two attached hydrogens (primary N) is 1. The minimum absolute atomic E-state index is 0.230. The van der Waals surface area contributed by atoms with Crippen molar-refractivity contribution in [1.82, 2.24) is 0 Å². The summed E-state index contributed by atoms with van der Waals surface area (Å²) in [4.78, 5) is 0. The van der Waals surface area contributed by atoms with E-state index in [-0.39, 0.29) is 8.69 Å². The molecular formula is C4H10NO2P. The predicted molar refractivity (Wildman–Crippen MR) is 31.8 cm³/mol. The zero-order valence-electron chi connectivity index (χ0n) is 4.67. The summed E-state index contributed by atoms with van der Waals surface area (Å²) < 4.78 is 14.1. The molecule has 0 aromatic heterocycles. The van der Waals surface area contributed by atoms with Gasteiger partial charge in [0.15, 0.2) is 0 Å². The van der Waals surface area contributed by atoms with Crippen molar-refractivity contribution >= 4 is 8.69 Å². The predicted octanol–water partition coefficient (Wildman–Crippen LogP) is 0.949. The summed E-state index contributed by atoms with van der Waals surface area (Å²) in [6.07, 6.45) is 1.83. The largest absolute Gasteiger partial charge is 0.330 e. The van der Waals surface area contributed by atoms with E-state index in [1.807, 2.05) is 0 Å². The Kier molecular flexibility index (Phi) is 7.04. The Labute approximate surface area is 50.5 Å². The quantitative estimate of drug-likeness (QED) is 0.451. The van der Waals surface area contributed by atoms with Crippen LogP contribution in [0.3, 0.4) is 0 Å². The van der Waals surface area contributed by atoms with E-state index in [9.17, 15) is 4.57 Å². The maximum Gasteiger partial charge on any atom is 0.327 e. The van der Waals surface area contributed by atoms with Gasteiger partial charge >= 0.3 is 8.69 Å². The first kappa shape index (κ1) is 8.02. The first-order valence-corrected chi connectivity index (χ1v) is 3.29. The maximum atomic E-state index is 9.61. The van der Waals surface area contributed by atoms with Crippen molar-refractivity contribution in [2.24, 2.45) is 5.73 Å². The Balaban J connectivity index is 2.62. The lowest BCUT2D eigenvalue weighted by Gasteiger charge is -1.91. The van der Waals surface area contributed by atoms with Gasteiger partial charge in [-0.2, -0.15) is 0 Å². The van der Waals surface area contributed by atoms with Crippen LogP contribution in [0, 0.1) is 0 Å². The van der Waals surface area contributed by atoms with Crippen LogP contribution in [0.2, 0.25) is 0 Å². The Morgan fingerprint density at radius 3 is 2.75 bits per heavy atom. The first-order chi connectivity index (χ1) is 3.91. The van der Waals surface area contributed by atoms with Gasteiger partial charge < -0.3 is 5.73 Å². The van der Waals surface area contributed by atoms with Crippen molar-refractivity contribution in [3.63, 3.8) is 0 Å². The molecule has 0 fully saturated rings. The topological polar surface area (TPSA) is 52.3 Å². The molecule has 0 rings (SSSR count). The number of hydrogen-bond acceptors (Lipinski definition) is 3. The molecule has 0 bridgehead atoms. The summed E-state index contributed by atoms with van der Waals surface area (Å²) in [5.41, 5.74) is 5.17. The third-order valence-electron chi connectivity index (χ3n) is 0.742. The lowest BCUT2D eigenvalue weighted by atomic mass is 10.3. The van der Waals surface area contributed by atoms with Crippen LogP contribution in [-0.4, -0.2) is 13.2 Å². The first-order valence-electron chi connectivity index (χ1n) is 2.56. The number of unbranched alkanes of at least 4 members (excludes halogenated alkanes) is 1. The van der Waals surface area contributed by atoms with Crippen LogP contribution < -0.4 is 5.73 Å². The van der Waals surface area contributed by atoms with Crippen LogP contribution in [-0.2, 0) is 9.09 Å². The Bertz CT molecular complexity index is 60.0. The summed E-state index contributed by atoms with van der Waals surface area (Å²) >= 11 is 0. The van der Waals surface area contributed by atoms with E-state index in [0.29, 0.717) is 13.2 Å². The number of rotatable bonds is 5. The lowest BCUT2D eigenvalue weighted by Crippen LogP contribution is -1.99. The molecule has 0 unspecified atom stereocenters. The molecule has 2 N–H and O–H groups in total. The van der Waals surface area contributed by atoms with Crippen molar-refractivity contribution in [3.8, 4) is 0 Å². The molecule has 4 heteroatoms. The van der Waals surface area contributed by atoms with Gasteiger partial charge in [-0.3, -0.25) is 4.52 Å². The molecule has 0 amide bonds. The van der Waals surface area contributed by atoms with Gasteiger partial charge in [-0.1, -0.05) is 0 Å². The van der Waals surface area contributed by atoms with Crippen molar-refractivity contribution < 1.29 is 9.09 Å². The summed E-state index contributed by atoms with van der Waals surface area (Å²) in [6, 6.07) is 0. The lowest BCUT2D eigenvalue weighted by molar-refractivity contribution is 0.332. The molecule has 0 radical (unpaired) electrons. The average molecular weight is 135 g/mol. The van der Waals surface area contributed by atoms with Gasteiger partial charge in [0.25, 0.3) is 0 Å². The average Bonchev–Trinajstić information content (AvgIpc) is 1.81. The van der Waals surface area contributed by atoms with Crippen LogP contribution in [0.15, 0.2) is 0 Å². The van der Waals surface area contributed by atoms with Crippen molar-refractivity contribution in [3.05, 3.63) is 0 Å². The van der Waals surface area contributed by atoms with Gasteiger partial charge in [-0.05, 0) is 19.4 Å². The molecule has 0 aromatic carbocycles. The Hall–Kier alpha value is 0.0200. The normalized spacial score (nSPS) is 10.1. The second-order valence-corrected chi connectivity index (χ2v) is 1.81. The van der Waals surface area contributed by atoms with E-state index < -0.39 is 0 Å². The summed E-state index contributed by atoms with van der Waals surface area (Å²) in [6.45, 7) is 1.22. The third kappa shape index (κ3) is 6.02. The molecule has 0 aromatic rings. The zero-order valence-corrected chi connectivity index (χ0v) is 5.56.